The fraction of sp³-hybridized carbons (Fsp3) is 0.455. The molecule has 0 saturated carbocycles. The molecule has 2 N–H and O–H groups in total. The van der Waals surface area contributed by atoms with Gasteiger partial charge in [-0.1, -0.05) is 0 Å². The number of nitrogens with two attached hydrogens (primary N) is 1. The molecule has 1 atom stereocenters. The molecule has 0 aromatic carbocycles. The first-order valence-corrected chi connectivity index (χ1v) is 6.64. The van der Waals surface area contributed by atoms with Crippen molar-refractivity contribution in [3.8, 4) is 0 Å². The van der Waals surface area contributed by atoms with Crippen molar-refractivity contribution >= 4 is 28.4 Å². The van der Waals surface area contributed by atoms with E-state index in [4.69, 9.17) is 5.73 Å². The third kappa shape index (κ3) is 2.18. The van der Waals surface area contributed by atoms with E-state index in [-0.39, 0.29) is 6.04 Å². The van der Waals surface area contributed by atoms with Crippen LogP contribution in [0.5, 0.6) is 0 Å². The van der Waals surface area contributed by atoms with Gasteiger partial charge in [0, 0.05) is 18.3 Å². The highest BCUT2D eigenvalue weighted by Gasteiger charge is 2.17. The fourth-order valence-corrected chi connectivity index (χ4v) is 2.10. The van der Waals surface area contributed by atoms with Gasteiger partial charge in [-0.3, -0.25) is 4.68 Å². The predicted octanol–water partition coefficient (Wildman–Crippen LogP) is 2.20. The molecule has 0 amide bonds. The van der Waals surface area contributed by atoms with Gasteiger partial charge in [-0.15, -0.1) is 0 Å². The average Bonchev–Trinajstić information content (AvgIpc) is 2.89. The minimum Gasteiger partial charge on any atom is -0.383 e. The molecule has 2 rings (SSSR count). The van der Waals surface area contributed by atoms with Crippen LogP contribution in [0, 0.1) is 10.5 Å². The molecular weight excluding hydrogens is 329 g/mol. The lowest BCUT2D eigenvalue weighted by atomic mass is 10.2. The molecule has 2 aromatic rings. The van der Waals surface area contributed by atoms with E-state index in [1.54, 1.807) is 0 Å². The molecule has 0 aliphatic carbocycles. The van der Waals surface area contributed by atoms with E-state index in [9.17, 15) is 0 Å². The van der Waals surface area contributed by atoms with Crippen LogP contribution in [0.1, 0.15) is 31.1 Å². The zero-order valence-corrected chi connectivity index (χ0v) is 12.3. The molecular formula is C11H16IN5. The van der Waals surface area contributed by atoms with Crippen molar-refractivity contribution in [2.45, 2.75) is 33.4 Å². The number of hydrogen-bond acceptors (Lipinski definition) is 3. The Kier molecular flexibility index (Phi) is 3.41. The first kappa shape index (κ1) is 12.4. The zero-order valence-electron chi connectivity index (χ0n) is 10.2. The van der Waals surface area contributed by atoms with Gasteiger partial charge in [0.15, 0.2) is 0 Å². The molecule has 0 fully saturated rings. The minimum absolute atomic E-state index is 0.109. The SMILES string of the molecule is CCn1cc(C(C)n2nc(C)c(I)c2N)cn1. The number of rotatable bonds is 3. The number of halogens is 1. The van der Waals surface area contributed by atoms with Gasteiger partial charge in [-0.25, -0.2) is 4.68 Å². The summed E-state index contributed by atoms with van der Waals surface area (Å²) in [5.74, 6) is 0.722. The average molecular weight is 345 g/mol. The topological polar surface area (TPSA) is 61.7 Å². The van der Waals surface area contributed by atoms with Gasteiger partial charge in [0.1, 0.15) is 5.82 Å². The predicted molar refractivity (Wildman–Crippen MR) is 75.8 cm³/mol. The summed E-state index contributed by atoms with van der Waals surface area (Å²) in [5, 5.41) is 8.74. The number of nitrogens with zero attached hydrogens (tertiary/aromatic N) is 4. The molecule has 17 heavy (non-hydrogen) atoms. The molecule has 0 bridgehead atoms. The Balaban J connectivity index is 2.36. The molecule has 92 valence electrons. The summed E-state index contributed by atoms with van der Waals surface area (Å²) in [5.41, 5.74) is 8.14. The Morgan fingerprint density at radius 3 is 2.71 bits per heavy atom. The Hall–Kier alpha value is -1.05. The second-order valence-electron chi connectivity index (χ2n) is 4.03. The summed E-state index contributed by atoms with van der Waals surface area (Å²) in [4.78, 5) is 0. The second-order valence-corrected chi connectivity index (χ2v) is 5.11. The van der Waals surface area contributed by atoms with Gasteiger partial charge < -0.3 is 5.73 Å². The normalized spacial score (nSPS) is 12.9. The zero-order chi connectivity index (χ0) is 12.6. The summed E-state index contributed by atoms with van der Waals surface area (Å²) >= 11 is 2.23. The fourth-order valence-electron chi connectivity index (χ4n) is 1.75. The molecule has 0 aliphatic rings. The van der Waals surface area contributed by atoms with Crippen LogP contribution in [0.2, 0.25) is 0 Å². The van der Waals surface area contributed by atoms with E-state index in [1.807, 2.05) is 28.7 Å². The van der Waals surface area contributed by atoms with Crippen LogP contribution in [-0.4, -0.2) is 19.6 Å². The number of aryl methyl sites for hydroxylation is 2. The summed E-state index contributed by atoms with van der Waals surface area (Å²) in [7, 11) is 0. The summed E-state index contributed by atoms with van der Waals surface area (Å²) in [6, 6.07) is 0.109. The van der Waals surface area contributed by atoms with Crippen molar-refractivity contribution in [3.63, 3.8) is 0 Å². The maximum atomic E-state index is 6.05. The van der Waals surface area contributed by atoms with Crippen LogP contribution in [0.15, 0.2) is 12.4 Å². The van der Waals surface area contributed by atoms with Crippen LogP contribution >= 0.6 is 22.6 Å². The van der Waals surface area contributed by atoms with E-state index in [0.717, 1.165) is 27.2 Å². The summed E-state index contributed by atoms with van der Waals surface area (Å²) in [6.07, 6.45) is 3.91. The Morgan fingerprint density at radius 2 is 2.24 bits per heavy atom. The van der Waals surface area contributed by atoms with Gasteiger partial charge in [0.25, 0.3) is 0 Å². The Bertz CT molecular complexity index is 528. The van der Waals surface area contributed by atoms with Gasteiger partial charge in [-0.05, 0) is 43.4 Å². The Labute approximate surface area is 114 Å². The lowest BCUT2D eigenvalue weighted by Crippen LogP contribution is -2.11. The van der Waals surface area contributed by atoms with Crippen molar-refractivity contribution in [1.82, 2.24) is 19.6 Å². The van der Waals surface area contributed by atoms with E-state index in [2.05, 4.69) is 46.6 Å². The molecule has 0 aliphatic heterocycles. The third-order valence-electron chi connectivity index (χ3n) is 2.87. The molecule has 6 heteroatoms. The number of aromatic nitrogens is 4. The van der Waals surface area contributed by atoms with Crippen LogP contribution in [0.25, 0.3) is 0 Å². The summed E-state index contributed by atoms with van der Waals surface area (Å²) < 4.78 is 4.79. The molecule has 1 unspecified atom stereocenters. The monoisotopic (exact) mass is 345 g/mol. The number of hydrogen-bond donors (Lipinski definition) is 1. The van der Waals surface area contributed by atoms with E-state index < -0.39 is 0 Å². The summed E-state index contributed by atoms with van der Waals surface area (Å²) in [6.45, 7) is 6.99. The van der Waals surface area contributed by atoms with Crippen molar-refractivity contribution in [3.05, 3.63) is 27.2 Å². The minimum atomic E-state index is 0.109. The van der Waals surface area contributed by atoms with Crippen LogP contribution in [0.3, 0.4) is 0 Å². The van der Waals surface area contributed by atoms with Crippen LogP contribution in [-0.2, 0) is 6.54 Å². The van der Waals surface area contributed by atoms with Crippen molar-refractivity contribution in [2.24, 2.45) is 0 Å². The van der Waals surface area contributed by atoms with Gasteiger partial charge >= 0.3 is 0 Å². The second kappa shape index (κ2) is 4.67. The quantitative estimate of drug-likeness (QED) is 0.868. The molecule has 0 spiro atoms. The Morgan fingerprint density at radius 1 is 1.53 bits per heavy atom. The van der Waals surface area contributed by atoms with Gasteiger partial charge in [0.05, 0.1) is 21.5 Å². The highest BCUT2D eigenvalue weighted by atomic mass is 127. The molecule has 0 saturated heterocycles. The van der Waals surface area contributed by atoms with Gasteiger partial charge in [-0.2, -0.15) is 10.2 Å². The van der Waals surface area contributed by atoms with E-state index in [0.29, 0.717) is 0 Å². The van der Waals surface area contributed by atoms with Crippen molar-refractivity contribution in [1.29, 1.82) is 0 Å². The first-order chi connectivity index (χ1) is 8.04. The number of nitrogen functional groups attached to an aromatic ring is 1. The van der Waals surface area contributed by atoms with Crippen LogP contribution in [0.4, 0.5) is 5.82 Å². The molecule has 2 heterocycles. The van der Waals surface area contributed by atoms with E-state index in [1.165, 1.54) is 0 Å². The number of anilines is 1. The largest absolute Gasteiger partial charge is 0.383 e. The highest BCUT2D eigenvalue weighted by molar-refractivity contribution is 14.1. The van der Waals surface area contributed by atoms with Gasteiger partial charge in [0.2, 0.25) is 0 Å². The first-order valence-electron chi connectivity index (χ1n) is 5.57. The molecule has 0 radical (unpaired) electrons. The highest BCUT2D eigenvalue weighted by Crippen LogP contribution is 2.25. The standard InChI is InChI=1S/C11H16IN5/c1-4-16-6-9(5-14-16)8(3)17-11(13)10(12)7(2)15-17/h5-6,8H,4,13H2,1-3H3. The maximum absolute atomic E-state index is 6.05. The third-order valence-corrected chi connectivity index (χ3v) is 4.21. The smallest absolute Gasteiger partial charge is 0.136 e. The maximum Gasteiger partial charge on any atom is 0.136 e. The van der Waals surface area contributed by atoms with Crippen molar-refractivity contribution in [2.75, 3.05) is 5.73 Å². The molecule has 5 nitrogen and oxygen atoms in total. The van der Waals surface area contributed by atoms with E-state index >= 15 is 0 Å². The van der Waals surface area contributed by atoms with Crippen molar-refractivity contribution < 1.29 is 0 Å². The van der Waals surface area contributed by atoms with Crippen LogP contribution < -0.4 is 5.73 Å². The lowest BCUT2D eigenvalue weighted by Gasteiger charge is -2.11. The molecule has 2 aromatic heterocycles. The lowest BCUT2D eigenvalue weighted by molar-refractivity contribution is 0.567.